The molecule has 4 nitrogen and oxygen atoms in total. The number of likely N-dealkylation sites (N-methyl/N-ethyl adjacent to an activating group) is 1. The third kappa shape index (κ3) is 4.25. The van der Waals surface area contributed by atoms with E-state index in [9.17, 15) is 0 Å². The van der Waals surface area contributed by atoms with Gasteiger partial charge in [0.2, 0.25) is 0 Å². The van der Waals surface area contributed by atoms with E-state index in [0.29, 0.717) is 4.99 Å². The van der Waals surface area contributed by atoms with Crippen molar-refractivity contribution in [2.24, 2.45) is 5.73 Å². The van der Waals surface area contributed by atoms with Crippen LogP contribution < -0.4 is 10.5 Å². The first-order valence-electron chi connectivity index (χ1n) is 5.72. The van der Waals surface area contributed by atoms with E-state index in [4.69, 9.17) is 27.4 Å². The summed E-state index contributed by atoms with van der Waals surface area (Å²) in [5.41, 5.74) is 7.56. The maximum Gasteiger partial charge on any atom is 0.129 e. The van der Waals surface area contributed by atoms with E-state index in [1.165, 1.54) is 0 Å². The van der Waals surface area contributed by atoms with Gasteiger partial charge in [-0.3, -0.25) is 4.90 Å². The highest BCUT2D eigenvalue weighted by molar-refractivity contribution is 7.80. The minimum atomic E-state index is 0.353. The maximum atomic E-state index is 5.63. The zero-order valence-corrected chi connectivity index (χ0v) is 11.9. The number of hydrogen-bond donors (Lipinski definition) is 1. The van der Waals surface area contributed by atoms with E-state index < -0.39 is 0 Å². The van der Waals surface area contributed by atoms with Crippen molar-refractivity contribution in [1.29, 1.82) is 0 Å². The van der Waals surface area contributed by atoms with Gasteiger partial charge in [0.15, 0.2) is 0 Å². The Morgan fingerprint density at radius 2 is 2.11 bits per heavy atom. The molecule has 18 heavy (non-hydrogen) atoms. The predicted molar refractivity (Wildman–Crippen MR) is 77.1 cm³/mol. The highest BCUT2D eigenvalue weighted by Gasteiger charge is 2.08. The average Bonchev–Trinajstić information content (AvgIpc) is 2.35. The van der Waals surface area contributed by atoms with Crippen molar-refractivity contribution in [2.75, 3.05) is 34.4 Å². The van der Waals surface area contributed by atoms with Crippen molar-refractivity contribution in [3.8, 4) is 5.75 Å². The molecular formula is C13H20N2O2S. The van der Waals surface area contributed by atoms with Crippen LogP contribution in [0.4, 0.5) is 0 Å². The lowest BCUT2D eigenvalue weighted by molar-refractivity contribution is 0.158. The fourth-order valence-corrected chi connectivity index (χ4v) is 1.84. The molecule has 0 aliphatic heterocycles. The highest BCUT2D eigenvalue weighted by Crippen LogP contribution is 2.20. The van der Waals surface area contributed by atoms with Crippen molar-refractivity contribution in [1.82, 2.24) is 4.90 Å². The number of hydrogen-bond acceptors (Lipinski definition) is 4. The zero-order chi connectivity index (χ0) is 13.5. The molecule has 0 amide bonds. The SMILES string of the molecule is COCCN(C)Cc1ccc(C(N)=S)c(OC)c1. The van der Waals surface area contributed by atoms with Crippen LogP contribution in [-0.4, -0.2) is 44.3 Å². The van der Waals surface area contributed by atoms with E-state index >= 15 is 0 Å². The first kappa shape index (κ1) is 14.9. The molecule has 0 fully saturated rings. The second-order valence-electron chi connectivity index (χ2n) is 4.13. The number of ether oxygens (including phenoxy) is 2. The average molecular weight is 268 g/mol. The van der Waals surface area contributed by atoms with Gasteiger partial charge in [-0.2, -0.15) is 0 Å². The molecule has 0 radical (unpaired) electrons. The van der Waals surface area contributed by atoms with Gasteiger partial charge >= 0.3 is 0 Å². The molecule has 0 spiro atoms. The van der Waals surface area contributed by atoms with Crippen LogP contribution in [0.1, 0.15) is 11.1 Å². The Hall–Kier alpha value is -1.17. The third-order valence-electron chi connectivity index (χ3n) is 2.66. The van der Waals surface area contributed by atoms with Crippen molar-refractivity contribution < 1.29 is 9.47 Å². The second-order valence-corrected chi connectivity index (χ2v) is 4.57. The lowest BCUT2D eigenvalue weighted by Crippen LogP contribution is -2.22. The summed E-state index contributed by atoms with van der Waals surface area (Å²) < 4.78 is 10.3. The molecule has 0 aliphatic rings. The van der Waals surface area contributed by atoms with Crippen LogP contribution >= 0.6 is 12.2 Å². The highest BCUT2D eigenvalue weighted by atomic mass is 32.1. The standard InChI is InChI=1S/C13H20N2O2S/c1-15(6-7-16-2)9-10-4-5-11(13(14)18)12(8-10)17-3/h4-5,8H,6-7,9H2,1-3H3,(H2,14,18). The summed E-state index contributed by atoms with van der Waals surface area (Å²) in [6, 6.07) is 5.89. The van der Waals surface area contributed by atoms with Gasteiger partial charge in [0.05, 0.1) is 19.3 Å². The van der Waals surface area contributed by atoms with Crippen LogP contribution in [-0.2, 0) is 11.3 Å². The van der Waals surface area contributed by atoms with Crippen LogP contribution in [0.25, 0.3) is 0 Å². The predicted octanol–water partition coefficient (Wildman–Crippen LogP) is 1.41. The first-order chi connectivity index (χ1) is 8.58. The van der Waals surface area contributed by atoms with E-state index in [0.717, 1.165) is 36.6 Å². The first-order valence-corrected chi connectivity index (χ1v) is 6.13. The Balaban J connectivity index is 2.76. The lowest BCUT2D eigenvalue weighted by atomic mass is 10.1. The number of methoxy groups -OCH3 is 2. The van der Waals surface area contributed by atoms with Crippen LogP contribution in [0.2, 0.25) is 0 Å². The largest absolute Gasteiger partial charge is 0.496 e. The Kier molecular flexibility index (Phi) is 6.04. The van der Waals surface area contributed by atoms with Gasteiger partial charge < -0.3 is 15.2 Å². The Bertz CT molecular complexity index is 410. The van der Waals surface area contributed by atoms with Crippen molar-refractivity contribution in [3.63, 3.8) is 0 Å². The molecule has 2 N–H and O–H groups in total. The minimum Gasteiger partial charge on any atom is -0.496 e. The van der Waals surface area contributed by atoms with Crippen LogP contribution in [0, 0.1) is 0 Å². The molecule has 1 aromatic carbocycles. The molecule has 5 heteroatoms. The monoisotopic (exact) mass is 268 g/mol. The molecule has 0 heterocycles. The number of thiocarbonyl (C=S) groups is 1. The molecular weight excluding hydrogens is 248 g/mol. The van der Waals surface area contributed by atoms with E-state index in [1.54, 1.807) is 14.2 Å². The summed E-state index contributed by atoms with van der Waals surface area (Å²) in [4.78, 5) is 2.53. The maximum absolute atomic E-state index is 5.63. The molecule has 0 atom stereocenters. The Labute approximate surface area is 114 Å². The molecule has 0 aliphatic carbocycles. The van der Waals surface area contributed by atoms with Crippen molar-refractivity contribution in [3.05, 3.63) is 29.3 Å². The Morgan fingerprint density at radius 1 is 1.39 bits per heavy atom. The summed E-state index contributed by atoms with van der Waals surface area (Å²) in [5.74, 6) is 0.722. The van der Waals surface area contributed by atoms with E-state index in [-0.39, 0.29) is 0 Å². The quantitative estimate of drug-likeness (QED) is 0.758. The van der Waals surface area contributed by atoms with Gasteiger partial charge in [0, 0.05) is 20.2 Å². The summed E-state index contributed by atoms with van der Waals surface area (Å²) in [5, 5.41) is 0. The second kappa shape index (κ2) is 7.31. The normalized spacial score (nSPS) is 10.7. The van der Waals surface area contributed by atoms with Crippen molar-refractivity contribution in [2.45, 2.75) is 6.54 Å². The summed E-state index contributed by atoms with van der Waals surface area (Å²) in [7, 11) is 5.37. The lowest BCUT2D eigenvalue weighted by Gasteiger charge is -2.17. The molecule has 0 unspecified atom stereocenters. The number of nitrogens with two attached hydrogens (primary N) is 1. The number of benzene rings is 1. The Morgan fingerprint density at radius 3 is 2.67 bits per heavy atom. The molecule has 0 saturated carbocycles. The van der Waals surface area contributed by atoms with Crippen LogP contribution in [0.5, 0.6) is 5.75 Å². The van der Waals surface area contributed by atoms with Gasteiger partial charge in [-0.15, -0.1) is 0 Å². The van der Waals surface area contributed by atoms with E-state index in [2.05, 4.69) is 4.90 Å². The fourth-order valence-electron chi connectivity index (χ4n) is 1.68. The molecule has 1 rings (SSSR count). The van der Waals surface area contributed by atoms with E-state index in [1.807, 2.05) is 25.2 Å². The fraction of sp³-hybridized carbons (Fsp3) is 0.462. The molecule has 0 bridgehead atoms. The van der Waals surface area contributed by atoms with Gasteiger partial charge in [-0.1, -0.05) is 18.3 Å². The van der Waals surface area contributed by atoms with Gasteiger partial charge in [-0.25, -0.2) is 0 Å². The summed E-state index contributed by atoms with van der Waals surface area (Å²) >= 11 is 4.98. The van der Waals surface area contributed by atoms with Crippen molar-refractivity contribution >= 4 is 17.2 Å². The smallest absolute Gasteiger partial charge is 0.129 e. The zero-order valence-electron chi connectivity index (χ0n) is 11.1. The third-order valence-corrected chi connectivity index (χ3v) is 2.88. The summed E-state index contributed by atoms with van der Waals surface area (Å²) in [6.45, 7) is 2.44. The molecule has 100 valence electrons. The topological polar surface area (TPSA) is 47.7 Å². The summed E-state index contributed by atoms with van der Waals surface area (Å²) in [6.07, 6.45) is 0. The van der Waals surface area contributed by atoms with Crippen LogP contribution in [0.15, 0.2) is 18.2 Å². The minimum absolute atomic E-state index is 0.353. The number of nitrogens with zero attached hydrogens (tertiary/aromatic N) is 1. The number of rotatable bonds is 7. The van der Waals surface area contributed by atoms with Gasteiger partial charge in [-0.05, 0) is 24.7 Å². The molecule has 0 saturated heterocycles. The van der Waals surface area contributed by atoms with Gasteiger partial charge in [0.1, 0.15) is 10.7 Å². The molecule has 1 aromatic rings. The van der Waals surface area contributed by atoms with Crippen LogP contribution in [0.3, 0.4) is 0 Å². The molecule has 0 aromatic heterocycles. The van der Waals surface area contributed by atoms with Gasteiger partial charge in [0.25, 0.3) is 0 Å².